The van der Waals surface area contributed by atoms with Gasteiger partial charge in [-0.2, -0.15) is 0 Å². The average Bonchev–Trinajstić information content (AvgIpc) is 2.75. The maximum atomic E-state index is 11.6. The lowest BCUT2D eigenvalue weighted by Crippen LogP contribution is -2.60. The number of rotatable bonds is 9. The number of benzene rings is 1. The monoisotopic (exact) mass is 466 g/mol. The van der Waals surface area contributed by atoms with Gasteiger partial charge in [0.2, 0.25) is 6.29 Å². The van der Waals surface area contributed by atoms with Gasteiger partial charge in [-0.05, 0) is 69.4 Å². The maximum Gasteiger partial charge on any atom is 0.337 e. The maximum absolute atomic E-state index is 11.6. The lowest BCUT2D eigenvalue weighted by molar-refractivity contribution is -0.277. The number of hydrogen-bond acceptors (Lipinski definition) is 8. The van der Waals surface area contributed by atoms with Crippen molar-refractivity contribution < 1.29 is 44.9 Å². The summed E-state index contributed by atoms with van der Waals surface area (Å²) in [6.45, 7) is 6.99. The number of allylic oxidation sites excluding steroid dienone is 4. The van der Waals surface area contributed by atoms with Crippen molar-refractivity contribution >= 4 is 5.97 Å². The Morgan fingerprint density at radius 1 is 1.00 bits per heavy atom. The van der Waals surface area contributed by atoms with Gasteiger partial charge in [-0.3, -0.25) is 0 Å². The van der Waals surface area contributed by atoms with Crippen LogP contribution in [0.25, 0.3) is 0 Å². The first-order valence-electron chi connectivity index (χ1n) is 10.8. The van der Waals surface area contributed by atoms with E-state index in [1.807, 2.05) is 39.8 Å². The molecular weight excluding hydrogens is 432 g/mol. The van der Waals surface area contributed by atoms with E-state index in [0.29, 0.717) is 24.0 Å². The fraction of sp³-hybridized carbons (Fsp3) is 0.542. The first-order valence-corrected chi connectivity index (χ1v) is 10.8. The Bertz CT molecular complexity index is 841. The van der Waals surface area contributed by atoms with E-state index >= 15 is 0 Å². The number of aliphatic hydroxyl groups excluding tert-OH is 5. The number of aliphatic carboxylic acids is 1. The van der Waals surface area contributed by atoms with Crippen molar-refractivity contribution in [2.75, 3.05) is 6.61 Å². The minimum Gasteiger partial charge on any atom is -0.479 e. The molecule has 2 rings (SSSR count). The topological polar surface area (TPSA) is 157 Å². The van der Waals surface area contributed by atoms with Gasteiger partial charge in [-0.25, -0.2) is 4.79 Å². The molecule has 1 heterocycles. The summed E-state index contributed by atoms with van der Waals surface area (Å²) in [5.74, 6) is -1.16. The normalized spacial score (nSPS) is 25.8. The Morgan fingerprint density at radius 3 is 1.94 bits per heavy atom. The minimum atomic E-state index is -1.74. The zero-order valence-electron chi connectivity index (χ0n) is 19.3. The molecule has 1 aromatic carbocycles. The van der Waals surface area contributed by atoms with E-state index in [-0.39, 0.29) is 11.3 Å². The van der Waals surface area contributed by atoms with Crippen LogP contribution in [0.4, 0.5) is 0 Å². The van der Waals surface area contributed by atoms with Crippen LogP contribution in [0.5, 0.6) is 5.75 Å². The van der Waals surface area contributed by atoms with Gasteiger partial charge in [-0.1, -0.05) is 23.3 Å². The highest BCUT2D eigenvalue weighted by Crippen LogP contribution is 2.32. The Hall–Kier alpha value is -2.27. The molecule has 9 nitrogen and oxygen atoms in total. The predicted molar refractivity (Wildman–Crippen MR) is 120 cm³/mol. The Morgan fingerprint density at radius 2 is 1.52 bits per heavy atom. The van der Waals surface area contributed by atoms with E-state index in [4.69, 9.17) is 9.47 Å². The fourth-order valence-corrected chi connectivity index (χ4v) is 3.55. The average molecular weight is 467 g/mol. The van der Waals surface area contributed by atoms with Crippen molar-refractivity contribution in [3.8, 4) is 5.75 Å². The van der Waals surface area contributed by atoms with E-state index in [0.717, 1.165) is 11.1 Å². The quantitative estimate of drug-likeness (QED) is 0.292. The Balaban J connectivity index is 2.54. The number of carboxylic acid groups (broad SMARTS) is 1. The molecule has 0 aliphatic carbocycles. The second kappa shape index (κ2) is 11.7. The number of aliphatic hydroxyl groups is 5. The van der Waals surface area contributed by atoms with Crippen LogP contribution in [-0.4, -0.2) is 73.9 Å². The third kappa shape index (κ3) is 6.86. The largest absolute Gasteiger partial charge is 0.479 e. The van der Waals surface area contributed by atoms with Crippen LogP contribution in [0.15, 0.2) is 35.4 Å². The van der Waals surface area contributed by atoms with Gasteiger partial charge in [-0.15, -0.1) is 0 Å². The lowest BCUT2D eigenvalue weighted by atomic mass is 9.91. The van der Waals surface area contributed by atoms with Crippen LogP contribution in [0.3, 0.4) is 0 Å². The molecule has 6 atom stereocenters. The molecule has 0 unspecified atom stereocenters. The van der Waals surface area contributed by atoms with Crippen LogP contribution < -0.4 is 4.74 Å². The van der Waals surface area contributed by atoms with Gasteiger partial charge in [0.25, 0.3) is 0 Å². The van der Waals surface area contributed by atoms with E-state index in [9.17, 15) is 35.4 Å². The smallest absolute Gasteiger partial charge is 0.337 e. The molecule has 0 aromatic heterocycles. The molecule has 0 bridgehead atoms. The Labute approximate surface area is 193 Å². The molecule has 6 N–H and O–H groups in total. The van der Waals surface area contributed by atoms with Crippen molar-refractivity contribution in [1.82, 2.24) is 0 Å². The summed E-state index contributed by atoms with van der Waals surface area (Å²) in [4.78, 5) is 11.6. The lowest BCUT2D eigenvalue weighted by Gasteiger charge is -2.39. The summed E-state index contributed by atoms with van der Waals surface area (Å²) in [5, 5.41) is 59.6. The summed E-state index contributed by atoms with van der Waals surface area (Å²) in [6, 6.07) is 3.10. The highest BCUT2D eigenvalue weighted by molar-refractivity contribution is 5.75. The van der Waals surface area contributed by atoms with E-state index < -0.39 is 49.4 Å². The van der Waals surface area contributed by atoms with E-state index in [1.54, 1.807) is 12.1 Å². The Kier molecular flexibility index (Phi) is 9.59. The molecule has 1 aromatic rings. The summed E-state index contributed by atoms with van der Waals surface area (Å²) in [5.41, 5.74) is 3.29. The molecule has 184 valence electrons. The van der Waals surface area contributed by atoms with Crippen molar-refractivity contribution in [2.45, 2.75) is 77.3 Å². The van der Waals surface area contributed by atoms with Crippen LogP contribution in [-0.2, 0) is 22.4 Å². The second-order valence-corrected chi connectivity index (χ2v) is 8.68. The summed E-state index contributed by atoms with van der Waals surface area (Å²) >= 11 is 0. The molecule has 9 heteroatoms. The highest BCUT2D eigenvalue weighted by Gasteiger charge is 2.44. The molecular formula is C24H34O9. The predicted octanol–water partition coefficient (Wildman–Crippen LogP) is 1.00. The molecule has 0 spiro atoms. The van der Waals surface area contributed by atoms with Crippen molar-refractivity contribution in [1.29, 1.82) is 0 Å². The molecule has 33 heavy (non-hydrogen) atoms. The number of ether oxygens (including phenoxy) is 2. The summed E-state index contributed by atoms with van der Waals surface area (Å²) in [6.07, 6.45) is -4.53. The minimum absolute atomic E-state index is 0.218. The molecule has 1 fully saturated rings. The standard InChI is InChI=1S/C24H34O9/c1-12(2)5-7-14-9-16(32-24-22(29)21(28)19(26)17(11-25)33-24)10-15(8-6-13(3)4)18(14)20(27)23(30)31/h5-6,9-10,17,19-22,24-29H,7-8,11H2,1-4H3,(H,30,31)/t17-,19-,20-,21+,22-,24-/m1/s1. The number of carboxylic acids is 1. The summed E-state index contributed by atoms with van der Waals surface area (Å²) < 4.78 is 11.2. The molecule has 0 radical (unpaired) electrons. The van der Waals surface area contributed by atoms with Crippen molar-refractivity contribution in [3.05, 3.63) is 52.1 Å². The molecule has 1 saturated heterocycles. The summed E-state index contributed by atoms with van der Waals surface area (Å²) in [7, 11) is 0. The number of hydrogen-bond donors (Lipinski definition) is 6. The third-order valence-electron chi connectivity index (χ3n) is 5.39. The fourth-order valence-electron chi connectivity index (χ4n) is 3.55. The first kappa shape index (κ1) is 27.0. The van der Waals surface area contributed by atoms with Gasteiger partial charge in [0, 0.05) is 0 Å². The molecule has 1 aliphatic rings. The molecule has 1 aliphatic heterocycles. The van der Waals surface area contributed by atoms with Gasteiger partial charge < -0.3 is 40.1 Å². The van der Waals surface area contributed by atoms with E-state index in [1.165, 1.54) is 0 Å². The van der Waals surface area contributed by atoms with Crippen molar-refractivity contribution in [2.24, 2.45) is 0 Å². The van der Waals surface area contributed by atoms with Crippen molar-refractivity contribution in [3.63, 3.8) is 0 Å². The number of carbonyl (C=O) groups is 1. The van der Waals surface area contributed by atoms with Crippen LogP contribution in [0.1, 0.15) is 50.5 Å². The van der Waals surface area contributed by atoms with Gasteiger partial charge in [0.15, 0.2) is 6.10 Å². The first-order chi connectivity index (χ1) is 15.5. The molecule has 0 saturated carbocycles. The zero-order chi connectivity index (χ0) is 24.9. The van der Waals surface area contributed by atoms with Gasteiger partial charge >= 0.3 is 5.97 Å². The van der Waals surface area contributed by atoms with Gasteiger partial charge in [0.05, 0.1) is 6.61 Å². The van der Waals surface area contributed by atoms with Crippen LogP contribution in [0, 0.1) is 0 Å². The van der Waals surface area contributed by atoms with E-state index in [2.05, 4.69) is 0 Å². The van der Waals surface area contributed by atoms with Gasteiger partial charge in [0.1, 0.15) is 30.2 Å². The zero-order valence-corrected chi connectivity index (χ0v) is 19.3. The highest BCUT2D eigenvalue weighted by atomic mass is 16.7. The third-order valence-corrected chi connectivity index (χ3v) is 5.39. The van der Waals surface area contributed by atoms with Crippen LogP contribution >= 0.6 is 0 Å². The SMILES string of the molecule is CC(C)=CCc1cc(O[C@@H]2O[C@H](CO)[C@@H](O)[C@H](O)[C@H]2O)cc(CC=C(C)C)c1[C@@H](O)C(=O)O. The van der Waals surface area contributed by atoms with Crippen LogP contribution in [0.2, 0.25) is 0 Å². The molecule has 0 amide bonds. The second-order valence-electron chi connectivity index (χ2n) is 8.68.